The molecule has 0 radical (unpaired) electrons. The minimum Gasteiger partial charge on any atom is -0.366 e. The summed E-state index contributed by atoms with van der Waals surface area (Å²) in [6, 6.07) is 0.808. The second-order valence-corrected chi connectivity index (χ2v) is 11.4. The number of carbonyl (C=O) groups is 1. The molecule has 3 fully saturated rings. The van der Waals surface area contributed by atoms with Crippen molar-refractivity contribution in [1.82, 2.24) is 30.0 Å². The standard InChI is InChI=1S/C23H33ClN8O/c1-23(2,3)13-32-12-18(8-26-32)28-21-25-9-19(24)20(30-21)27-17-6-14-10-31(11-15(14)7-17)22(33)29-16-4-5-16/h8-9,12,14-17H,4-7,10-11,13H2,1-3H3,(H,29,33)(H2,25,27,28,30). The average molecular weight is 473 g/mol. The molecule has 0 spiro atoms. The third kappa shape index (κ3) is 5.51. The van der Waals surface area contributed by atoms with E-state index in [2.05, 4.69) is 51.8 Å². The molecule has 1 saturated heterocycles. The summed E-state index contributed by atoms with van der Waals surface area (Å²) in [7, 11) is 0. The van der Waals surface area contributed by atoms with Gasteiger partial charge in [0.2, 0.25) is 5.95 Å². The van der Waals surface area contributed by atoms with E-state index in [9.17, 15) is 4.79 Å². The number of hydrogen-bond donors (Lipinski definition) is 3. The topological polar surface area (TPSA) is 100 Å². The van der Waals surface area contributed by atoms with Crippen molar-refractivity contribution in [3.63, 3.8) is 0 Å². The fourth-order valence-electron chi connectivity index (χ4n) is 4.93. The molecule has 2 amide bonds. The number of rotatable bonds is 6. The first-order valence-electron chi connectivity index (χ1n) is 11.9. The van der Waals surface area contributed by atoms with Gasteiger partial charge in [-0.15, -0.1) is 0 Å². The van der Waals surface area contributed by atoms with E-state index in [1.807, 2.05) is 15.8 Å². The monoisotopic (exact) mass is 472 g/mol. The van der Waals surface area contributed by atoms with Crippen molar-refractivity contribution in [3.8, 4) is 0 Å². The zero-order valence-electron chi connectivity index (χ0n) is 19.5. The Morgan fingerprint density at radius 3 is 2.55 bits per heavy atom. The molecule has 5 rings (SSSR count). The molecule has 1 aliphatic heterocycles. The summed E-state index contributed by atoms with van der Waals surface area (Å²) in [6.45, 7) is 9.04. The molecule has 2 saturated carbocycles. The molecule has 2 aromatic heterocycles. The maximum atomic E-state index is 12.4. The molecule has 3 aliphatic rings. The molecule has 3 N–H and O–H groups in total. The number of likely N-dealkylation sites (tertiary alicyclic amines) is 1. The van der Waals surface area contributed by atoms with E-state index >= 15 is 0 Å². The predicted octanol–water partition coefficient (Wildman–Crippen LogP) is 4.11. The van der Waals surface area contributed by atoms with E-state index in [-0.39, 0.29) is 11.4 Å². The van der Waals surface area contributed by atoms with Gasteiger partial charge < -0.3 is 20.9 Å². The summed E-state index contributed by atoms with van der Waals surface area (Å²) in [6.07, 6.45) is 9.63. The van der Waals surface area contributed by atoms with Gasteiger partial charge in [-0.1, -0.05) is 32.4 Å². The highest BCUT2D eigenvalue weighted by Crippen LogP contribution is 2.40. The second-order valence-electron chi connectivity index (χ2n) is 11.0. The Labute approximate surface area is 199 Å². The number of nitrogens with one attached hydrogen (secondary N) is 3. The number of fused-ring (bicyclic) bond motifs is 1. The fourth-order valence-corrected chi connectivity index (χ4v) is 5.07. The molecule has 10 heteroatoms. The van der Waals surface area contributed by atoms with Gasteiger partial charge in [0.1, 0.15) is 5.02 Å². The zero-order chi connectivity index (χ0) is 23.2. The van der Waals surface area contributed by atoms with Crippen molar-refractivity contribution in [2.24, 2.45) is 17.3 Å². The minimum atomic E-state index is 0.108. The SMILES string of the molecule is CC(C)(C)Cn1cc(Nc2ncc(Cl)c(NC3CC4CN(C(=O)NC5CC5)CC4C3)n2)cn1. The highest BCUT2D eigenvalue weighted by Gasteiger charge is 2.43. The number of anilines is 3. The van der Waals surface area contributed by atoms with Crippen molar-refractivity contribution < 1.29 is 4.79 Å². The lowest BCUT2D eigenvalue weighted by Crippen LogP contribution is -2.40. The van der Waals surface area contributed by atoms with Crippen LogP contribution in [0.15, 0.2) is 18.6 Å². The van der Waals surface area contributed by atoms with Crippen LogP contribution in [-0.4, -0.2) is 55.9 Å². The largest absolute Gasteiger partial charge is 0.366 e. The van der Waals surface area contributed by atoms with Crippen LogP contribution in [0.5, 0.6) is 0 Å². The van der Waals surface area contributed by atoms with Crippen LogP contribution < -0.4 is 16.0 Å². The number of amides is 2. The highest BCUT2D eigenvalue weighted by molar-refractivity contribution is 6.32. The Morgan fingerprint density at radius 2 is 1.88 bits per heavy atom. The zero-order valence-corrected chi connectivity index (χ0v) is 20.3. The van der Waals surface area contributed by atoms with E-state index in [0.717, 1.165) is 51.0 Å². The molecule has 2 atom stereocenters. The van der Waals surface area contributed by atoms with Gasteiger partial charge in [0.15, 0.2) is 5.82 Å². The van der Waals surface area contributed by atoms with Crippen LogP contribution >= 0.6 is 11.6 Å². The summed E-state index contributed by atoms with van der Waals surface area (Å²) in [5.41, 5.74) is 0.988. The van der Waals surface area contributed by atoms with E-state index in [1.54, 1.807) is 12.4 Å². The van der Waals surface area contributed by atoms with Gasteiger partial charge >= 0.3 is 6.03 Å². The lowest BCUT2D eigenvalue weighted by Gasteiger charge is -2.21. The number of carbonyl (C=O) groups excluding carboxylic acids is 1. The smallest absolute Gasteiger partial charge is 0.317 e. The molecule has 0 aromatic carbocycles. The number of halogens is 1. The molecule has 3 heterocycles. The van der Waals surface area contributed by atoms with E-state index in [4.69, 9.17) is 11.6 Å². The van der Waals surface area contributed by atoms with E-state index in [1.165, 1.54) is 0 Å². The Hall–Kier alpha value is -2.55. The van der Waals surface area contributed by atoms with Crippen molar-refractivity contribution >= 4 is 35.1 Å². The summed E-state index contributed by atoms with van der Waals surface area (Å²) >= 11 is 6.40. The molecule has 33 heavy (non-hydrogen) atoms. The average Bonchev–Trinajstić information content (AvgIpc) is 3.11. The predicted molar refractivity (Wildman–Crippen MR) is 129 cm³/mol. The van der Waals surface area contributed by atoms with Gasteiger partial charge in [0, 0.05) is 37.9 Å². The number of aromatic nitrogens is 4. The summed E-state index contributed by atoms with van der Waals surface area (Å²) in [4.78, 5) is 23.3. The van der Waals surface area contributed by atoms with Crippen LogP contribution in [0.2, 0.25) is 5.02 Å². The Morgan fingerprint density at radius 1 is 1.15 bits per heavy atom. The molecule has 0 bridgehead atoms. The summed E-state index contributed by atoms with van der Waals surface area (Å²) in [5, 5.41) is 14.8. The molecule has 2 unspecified atom stereocenters. The third-order valence-electron chi connectivity index (χ3n) is 6.55. The van der Waals surface area contributed by atoms with Crippen molar-refractivity contribution in [3.05, 3.63) is 23.6 Å². The van der Waals surface area contributed by atoms with Gasteiger partial charge in [-0.3, -0.25) is 4.68 Å². The first-order valence-corrected chi connectivity index (χ1v) is 12.2. The van der Waals surface area contributed by atoms with Crippen molar-refractivity contribution in [1.29, 1.82) is 0 Å². The maximum absolute atomic E-state index is 12.4. The molecule has 2 aromatic rings. The first-order chi connectivity index (χ1) is 15.7. The van der Waals surface area contributed by atoms with Crippen LogP contribution in [0.3, 0.4) is 0 Å². The fraction of sp³-hybridized carbons (Fsp3) is 0.652. The number of nitrogens with zero attached hydrogens (tertiary/aromatic N) is 5. The van der Waals surface area contributed by atoms with Gasteiger partial charge in [-0.25, -0.2) is 9.78 Å². The molecular formula is C23H33ClN8O. The number of urea groups is 1. The quantitative estimate of drug-likeness (QED) is 0.585. The van der Waals surface area contributed by atoms with Gasteiger partial charge in [0.05, 0.1) is 18.1 Å². The van der Waals surface area contributed by atoms with Gasteiger partial charge in [-0.05, 0) is 42.9 Å². The lowest BCUT2D eigenvalue weighted by atomic mass is 9.97. The van der Waals surface area contributed by atoms with Crippen molar-refractivity contribution in [2.45, 2.75) is 65.1 Å². The Bertz CT molecular complexity index is 1000. The van der Waals surface area contributed by atoms with Crippen LogP contribution in [0, 0.1) is 17.3 Å². The highest BCUT2D eigenvalue weighted by atomic mass is 35.5. The van der Waals surface area contributed by atoms with Crippen molar-refractivity contribution in [2.75, 3.05) is 23.7 Å². The van der Waals surface area contributed by atoms with Crippen LogP contribution in [0.25, 0.3) is 0 Å². The van der Waals surface area contributed by atoms with Crippen LogP contribution in [-0.2, 0) is 6.54 Å². The second kappa shape index (κ2) is 8.66. The lowest BCUT2D eigenvalue weighted by molar-refractivity contribution is 0.204. The molecule has 2 aliphatic carbocycles. The van der Waals surface area contributed by atoms with Gasteiger partial charge in [-0.2, -0.15) is 10.1 Å². The Kier molecular flexibility index (Phi) is 5.84. The van der Waals surface area contributed by atoms with E-state index < -0.39 is 0 Å². The van der Waals surface area contributed by atoms with E-state index in [0.29, 0.717) is 40.7 Å². The Balaban J connectivity index is 1.17. The first kappa shape index (κ1) is 22.3. The molecule has 178 valence electrons. The molecule has 9 nitrogen and oxygen atoms in total. The number of hydrogen-bond acceptors (Lipinski definition) is 6. The minimum absolute atomic E-state index is 0.108. The van der Waals surface area contributed by atoms with Crippen LogP contribution in [0.1, 0.15) is 46.5 Å². The maximum Gasteiger partial charge on any atom is 0.317 e. The summed E-state index contributed by atoms with van der Waals surface area (Å²) in [5.74, 6) is 2.18. The molecular weight excluding hydrogens is 440 g/mol. The van der Waals surface area contributed by atoms with Crippen LogP contribution in [0.4, 0.5) is 22.2 Å². The normalized spacial score (nSPS) is 24.6. The van der Waals surface area contributed by atoms with Gasteiger partial charge in [0.25, 0.3) is 0 Å². The third-order valence-corrected chi connectivity index (χ3v) is 6.83. The summed E-state index contributed by atoms with van der Waals surface area (Å²) < 4.78 is 1.92.